The van der Waals surface area contributed by atoms with Crippen LogP contribution in [-0.4, -0.2) is 36.2 Å². The predicted octanol–water partition coefficient (Wildman–Crippen LogP) is 1.42. The summed E-state index contributed by atoms with van der Waals surface area (Å²) in [5.41, 5.74) is 0.919. The summed E-state index contributed by atoms with van der Waals surface area (Å²) in [6.07, 6.45) is 0.422. The van der Waals surface area contributed by atoms with Crippen molar-refractivity contribution in [3.05, 3.63) is 29.3 Å². The molecule has 1 heterocycles. The summed E-state index contributed by atoms with van der Waals surface area (Å²) in [6, 6.07) is 7.21. The molecule has 2 unspecified atom stereocenters. The zero-order chi connectivity index (χ0) is 13.1. The fourth-order valence-corrected chi connectivity index (χ4v) is 2.48. The molecule has 1 aromatic rings. The minimum absolute atomic E-state index is 0.0104. The molecule has 0 spiro atoms. The lowest BCUT2D eigenvalue weighted by Gasteiger charge is -2.39. The van der Waals surface area contributed by atoms with Crippen LogP contribution in [0.5, 0.6) is 0 Å². The Kier molecular flexibility index (Phi) is 4.09. The van der Waals surface area contributed by atoms with Crippen LogP contribution in [0.25, 0.3) is 0 Å². The van der Waals surface area contributed by atoms with Crippen molar-refractivity contribution >= 4 is 23.2 Å². The molecule has 2 N–H and O–H groups in total. The summed E-state index contributed by atoms with van der Waals surface area (Å²) in [6.45, 7) is 2.67. The summed E-state index contributed by atoms with van der Waals surface area (Å²) < 4.78 is 0. The van der Waals surface area contributed by atoms with E-state index in [4.69, 9.17) is 16.7 Å². The minimum Gasteiger partial charge on any atom is -0.396 e. The Morgan fingerprint density at radius 1 is 1.56 bits per heavy atom. The third-order valence-corrected chi connectivity index (χ3v) is 3.32. The Morgan fingerprint density at radius 3 is 3.00 bits per heavy atom. The van der Waals surface area contributed by atoms with Gasteiger partial charge in [-0.15, -0.1) is 0 Å². The van der Waals surface area contributed by atoms with Gasteiger partial charge in [-0.05, 0) is 31.5 Å². The van der Waals surface area contributed by atoms with E-state index in [-0.39, 0.29) is 24.6 Å². The lowest BCUT2D eigenvalue weighted by atomic mass is 10.0. The van der Waals surface area contributed by atoms with Crippen molar-refractivity contribution in [3.8, 4) is 0 Å². The second kappa shape index (κ2) is 5.59. The fourth-order valence-electron chi connectivity index (χ4n) is 2.30. The average Bonchev–Trinajstić information content (AvgIpc) is 2.32. The number of carbonyl (C=O) groups excluding carboxylic acids is 1. The maximum Gasteiger partial charge on any atom is 0.243 e. The van der Waals surface area contributed by atoms with Crippen LogP contribution in [-0.2, 0) is 4.79 Å². The zero-order valence-corrected chi connectivity index (χ0v) is 11.0. The van der Waals surface area contributed by atoms with E-state index in [1.165, 1.54) is 0 Å². The summed E-state index contributed by atoms with van der Waals surface area (Å²) in [5, 5.41) is 12.6. The van der Waals surface area contributed by atoms with Crippen LogP contribution in [0.4, 0.5) is 5.69 Å². The van der Waals surface area contributed by atoms with Gasteiger partial charge in [-0.2, -0.15) is 0 Å². The number of aliphatic hydroxyl groups excluding tert-OH is 1. The van der Waals surface area contributed by atoms with Gasteiger partial charge in [-0.25, -0.2) is 0 Å². The van der Waals surface area contributed by atoms with Crippen molar-refractivity contribution in [2.24, 2.45) is 0 Å². The minimum atomic E-state index is -0.329. The Bertz CT molecular complexity index is 439. The SMILES string of the molecule is CC1CN(c2cccc(Cl)c2)C(CCO)C(=O)N1. The monoisotopic (exact) mass is 268 g/mol. The maximum absolute atomic E-state index is 12.0. The molecule has 1 saturated heterocycles. The molecule has 1 amide bonds. The van der Waals surface area contributed by atoms with Gasteiger partial charge in [-0.3, -0.25) is 4.79 Å². The second-order valence-corrected chi connectivity index (χ2v) is 5.01. The molecule has 1 aliphatic heterocycles. The Morgan fingerprint density at radius 2 is 2.33 bits per heavy atom. The number of carbonyl (C=O) groups is 1. The lowest BCUT2D eigenvalue weighted by molar-refractivity contribution is -0.124. The predicted molar refractivity (Wildman–Crippen MR) is 71.9 cm³/mol. The molecule has 98 valence electrons. The highest BCUT2D eigenvalue weighted by atomic mass is 35.5. The third-order valence-electron chi connectivity index (χ3n) is 3.08. The van der Waals surface area contributed by atoms with Gasteiger partial charge in [0.2, 0.25) is 5.91 Å². The smallest absolute Gasteiger partial charge is 0.243 e. The molecular weight excluding hydrogens is 252 g/mol. The molecule has 1 aromatic carbocycles. The van der Waals surface area contributed by atoms with Crippen LogP contribution in [0.3, 0.4) is 0 Å². The van der Waals surface area contributed by atoms with E-state index in [1.54, 1.807) is 6.07 Å². The van der Waals surface area contributed by atoms with E-state index < -0.39 is 0 Å². The highest BCUT2D eigenvalue weighted by molar-refractivity contribution is 6.30. The molecule has 0 bridgehead atoms. The van der Waals surface area contributed by atoms with E-state index in [2.05, 4.69) is 5.32 Å². The van der Waals surface area contributed by atoms with Crippen LogP contribution in [0.2, 0.25) is 5.02 Å². The van der Waals surface area contributed by atoms with Gasteiger partial charge in [0.1, 0.15) is 6.04 Å². The van der Waals surface area contributed by atoms with Crippen molar-refractivity contribution in [1.29, 1.82) is 0 Å². The molecule has 0 aromatic heterocycles. The van der Waals surface area contributed by atoms with Crippen molar-refractivity contribution in [1.82, 2.24) is 5.32 Å². The lowest BCUT2D eigenvalue weighted by Crippen LogP contribution is -2.59. The van der Waals surface area contributed by atoms with Crippen molar-refractivity contribution in [3.63, 3.8) is 0 Å². The molecule has 0 saturated carbocycles. The molecule has 2 atom stereocenters. The van der Waals surface area contributed by atoms with Gasteiger partial charge in [0.25, 0.3) is 0 Å². The number of nitrogens with one attached hydrogen (secondary N) is 1. The van der Waals surface area contributed by atoms with E-state index in [0.717, 1.165) is 12.2 Å². The molecular formula is C13H17ClN2O2. The number of benzene rings is 1. The van der Waals surface area contributed by atoms with Crippen LogP contribution in [0, 0.1) is 0 Å². The van der Waals surface area contributed by atoms with E-state index >= 15 is 0 Å². The number of rotatable bonds is 3. The van der Waals surface area contributed by atoms with Crippen LogP contribution in [0.1, 0.15) is 13.3 Å². The number of aliphatic hydroxyl groups is 1. The number of hydrogen-bond acceptors (Lipinski definition) is 3. The molecule has 1 fully saturated rings. The summed E-state index contributed by atoms with van der Waals surface area (Å²) >= 11 is 5.99. The summed E-state index contributed by atoms with van der Waals surface area (Å²) in [4.78, 5) is 14.0. The quantitative estimate of drug-likeness (QED) is 0.872. The van der Waals surface area contributed by atoms with Crippen molar-refractivity contribution in [2.45, 2.75) is 25.4 Å². The highest BCUT2D eigenvalue weighted by Crippen LogP contribution is 2.24. The number of anilines is 1. The largest absolute Gasteiger partial charge is 0.396 e. The Labute approximate surface area is 112 Å². The molecule has 18 heavy (non-hydrogen) atoms. The number of amides is 1. The number of hydrogen-bond donors (Lipinski definition) is 2. The Hall–Kier alpha value is -1.26. The first-order chi connectivity index (χ1) is 8.61. The summed E-state index contributed by atoms with van der Waals surface area (Å²) in [5.74, 6) is -0.0391. The molecule has 2 rings (SSSR count). The van der Waals surface area contributed by atoms with Crippen LogP contribution in [0.15, 0.2) is 24.3 Å². The molecule has 0 aliphatic carbocycles. The zero-order valence-electron chi connectivity index (χ0n) is 10.3. The van der Waals surface area contributed by atoms with Crippen molar-refractivity contribution < 1.29 is 9.90 Å². The second-order valence-electron chi connectivity index (χ2n) is 4.57. The first-order valence-electron chi connectivity index (χ1n) is 6.05. The van der Waals surface area contributed by atoms with Crippen molar-refractivity contribution in [2.75, 3.05) is 18.1 Å². The molecule has 4 nitrogen and oxygen atoms in total. The van der Waals surface area contributed by atoms with E-state index in [1.807, 2.05) is 30.0 Å². The van der Waals surface area contributed by atoms with Crippen LogP contribution >= 0.6 is 11.6 Å². The van der Waals surface area contributed by atoms with Gasteiger partial charge < -0.3 is 15.3 Å². The van der Waals surface area contributed by atoms with E-state index in [9.17, 15) is 4.79 Å². The third kappa shape index (κ3) is 2.76. The Balaban J connectivity index is 2.28. The van der Waals surface area contributed by atoms with Gasteiger partial charge in [0, 0.05) is 29.9 Å². The number of nitrogens with zero attached hydrogens (tertiary/aromatic N) is 1. The summed E-state index contributed by atoms with van der Waals surface area (Å²) in [7, 11) is 0. The highest BCUT2D eigenvalue weighted by Gasteiger charge is 2.32. The molecule has 1 aliphatic rings. The van der Waals surface area contributed by atoms with Gasteiger partial charge in [0.05, 0.1) is 0 Å². The first-order valence-corrected chi connectivity index (χ1v) is 6.43. The molecule has 0 radical (unpaired) electrons. The van der Waals surface area contributed by atoms with Gasteiger partial charge >= 0.3 is 0 Å². The fraction of sp³-hybridized carbons (Fsp3) is 0.462. The normalized spacial score (nSPS) is 23.9. The topological polar surface area (TPSA) is 52.6 Å². The maximum atomic E-state index is 12.0. The average molecular weight is 269 g/mol. The standard InChI is InChI=1S/C13H17ClN2O2/c1-9-8-16(11-4-2-3-10(14)7-11)12(5-6-17)13(18)15-9/h2-4,7,9,12,17H,5-6,8H2,1H3,(H,15,18). The number of piperazine rings is 1. The van der Waals surface area contributed by atoms with Crippen LogP contribution < -0.4 is 10.2 Å². The number of halogens is 1. The first kappa shape index (κ1) is 13.2. The van der Waals surface area contributed by atoms with E-state index in [0.29, 0.717) is 11.4 Å². The van der Waals surface area contributed by atoms with Gasteiger partial charge in [-0.1, -0.05) is 17.7 Å². The van der Waals surface area contributed by atoms with Gasteiger partial charge in [0.15, 0.2) is 0 Å². The molecule has 5 heteroatoms.